The van der Waals surface area contributed by atoms with Gasteiger partial charge in [0.1, 0.15) is 5.75 Å². The number of anilines is 1. The van der Waals surface area contributed by atoms with Crippen LogP contribution in [0.5, 0.6) is 5.75 Å². The fourth-order valence-electron chi connectivity index (χ4n) is 8.55. The maximum absolute atomic E-state index is 13.3. The first-order valence-electron chi connectivity index (χ1n) is 15.6. The molecule has 1 spiro atoms. The lowest BCUT2D eigenvalue weighted by atomic mass is 9.63. The van der Waals surface area contributed by atoms with Crippen molar-refractivity contribution in [2.45, 2.75) is 81.5 Å². The first-order chi connectivity index (χ1) is 20.0. The number of amides is 1. The Morgan fingerprint density at radius 3 is 2.67 bits per heavy atom. The number of fused-ring (bicyclic) bond motifs is 5. The minimum Gasteiger partial charge on any atom is -0.490 e. The maximum atomic E-state index is 13.3. The summed E-state index contributed by atoms with van der Waals surface area (Å²) in [5.74, 6) is 1.11. The van der Waals surface area contributed by atoms with Gasteiger partial charge in [0.15, 0.2) is 0 Å². The Kier molecular flexibility index (Phi) is 6.87. The summed E-state index contributed by atoms with van der Waals surface area (Å²) in [5, 5.41) is 11.9. The van der Waals surface area contributed by atoms with Crippen LogP contribution < -0.4 is 14.4 Å². The third kappa shape index (κ3) is 4.82. The molecule has 7 nitrogen and oxygen atoms in total. The third-order valence-corrected chi connectivity index (χ3v) is 13.3. The third-order valence-electron chi connectivity index (χ3n) is 11.3. The number of benzene rings is 2. The molecule has 9 heteroatoms. The van der Waals surface area contributed by atoms with Gasteiger partial charge in [0.2, 0.25) is 10.0 Å². The molecule has 7 atom stereocenters. The lowest BCUT2D eigenvalue weighted by Gasteiger charge is -2.49. The molecule has 7 rings (SSSR count). The van der Waals surface area contributed by atoms with Crippen LogP contribution in [0.25, 0.3) is 0 Å². The Morgan fingerprint density at radius 2 is 1.88 bits per heavy atom. The number of nitrogens with zero attached hydrogens (tertiary/aromatic N) is 1. The van der Waals surface area contributed by atoms with E-state index in [2.05, 4.69) is 21.8 Å². The lowest BCUT2D eigenvalue weighted by molar-refractivity contribution is -0.0868. The largest absolute Gasteiger partial charge is 0.490 e. The molecule has 2 fully saturated rings. The Bertz CT molecular complexity index is 1530. The van der Waals surface area contributed by atoms with Crippen molar-refractivity contribution < 1.29 is 23.1 Å². The topological polar surface area (TPSA) is 95.9 Å². The minimum atomic E-state index is -3.85. The van der Waals surface area contributed by atoms with Crippen LogP contribution in [0.2, 0.25) is 5.02 Å². The Hall–Kier alpha value is -2.29. The van der Waals surface area contributed by atoms with E-state index in [-0.39, 0.29) is 17.3 Å². The van der Waals surface area contributed by atoms with Gasteiger partial charge in [-0.3, -0.25) is 4.79 Å². The van der Waals surface area contributed by atoms with Gasteiger partial charge in [0.25, 0.3) is 5.91 Å². The molecule has 2 saturated carbocycles. The van der Waals surface area contributed by atoms with Crippen molar-refractivity contribution >= 4 is 33.2 Å². The first kappa shape index (κ1) is 28.5. The van der Waals surface area contributed by atoms with Gasteiger partial charge >= 0.3 is 0 Å². The molecule has 2 aliphatic heterocycles. The van der Waals surface area contributed by atoms with Crippen LogP contribution >= 0.6 is 11.6 Å². The molecule has 42 heavy (non-hydrogen) atoms. The highest BCUT2D eigenvalue weighted by atomic mass is 35.5. The number of hydrogen-bond donors (Lipinski definition) is 2. The van der Waals surface area contributed by atoms with E-state index in [9.17, 15) is 18.3 Å². The van der Waals surface area contributed by atoms with Crippen molar-refractivity contribution in [3.05, 3.63) is 58.1 Å². The van der Waals surface area contributed by atoms with Gasteiger partial charge in [-0.15, -0.1) is 0 Å². The van der Waals surface area contributed by atoms with Gasteiger partial charge in [0, 0.05) is 29.1 Å². The second-order valence-corrected chi connectivity index (χ2v) is 16.5. The molecule has 0 aromatic heterocycles. The van der Waals surface area contributed by atoms with E-state index < -0.39 is 26.8 Å². The maximum Gasteiger partial charge on any atom is 0.264 e. The van der Waals surface area contributed by atoms with E-state index in [0.29, 0.717) is 42.7 Å². The summed E-state index contributed by atoms with van der Waals surface area (Å²) in [6, 6.07) is 11.5. The number of aliphatic hydroxyl groups is 1. The number of nitrogens with one attached hydrogen (secondary N) is 1. The molecule has 2 heterocycles. The quantitative estimate of drug-likeness (QED) is 0.410. The van der Waals surface area contributed by atoms with Crippen molar-refractivity contribution in [2.24, 2.45) is 23.7 Å². The van der Waals surface area contributed by atoms with E-state index in [1.165, 1.54) is 11.1 Å². The van der Waals surface area contributed by atoms with Crippen molar-refractivity contribution in [1.82, 2.24) is 4.72 Å². The van der Waals surface area contributed by atoms with Crippen LogP contribution in [0.15, 0.2) is 36.4 Å². The zero-order valence-electron chi connectivity index (χ0n) is 24.4. The molecule has 2 N–H and O–H groups in total. The van der Waals surface area contributed by atoms with Gasteiger partial charge in [-0.25, -0.2) is 13.1 Å². The zero-order chi connectivity index (χ0) is 29.4. The van der Waals surface area contributed by atoms with Crippen molar-refractivity contribution in [3.63, 3.8) is 0 Å². The highest BCUT2D eigenvalue weighted by Gasteiger charge is 2.56. The molecule has 2 bridgehead atoms. The molecule has 2 aromatic rings. The highest BCUT2D eigenvalue weighted by Crippen LogP contribution is 2.57. The fraction of sp³-hybridized carbons (Fsp3) is 0.606. The average Bonchev–Trinajstić information content (AvgIpc) is 3.73. The van der Waals surface area contributed by atoms with Gasteiger partial charge in [0.05, 0.1) is 23.1 Å². The summed E-state index contributed by atoms with van der Waals surface area (Å²) < 4.78 is 35.1. The number of halogens is 1. The Morgan fingerprint density at radius 1 is 1.07 bits per heavy atom. The predicted octanol–water partition coefficient (Wildman–Crippen LogP) is 5.47. The Labute approximate surface area is 254 Å². The number of hydrogen-bond acceptors (Lipinski definition) is 6. The van der Waals surface area contributed by atoms with Crippen LogP contribution in [0, 0.1) is 23.7 Å². The molecule has 0 unspecified atom stereocenters. The number of aryl methyl sites for hydroxylation is 1. The average molecular weight is 613 g/mol. The standard InChI is InChI=1S/C33H41ClN2O5S/c1-20-5-6-22-15-28(22)32(2,38)26-10-7-24(26)17-36-18-33(13-3-4-21-14-25(34)9-11-27(21)33)19-41-30-12-8-23(16-29(30)36)31(37)35-42(20,39)40/h8-9,11-12,14,16,20,22,24,26,28,38H,3-7,10,13,15,17-19H2,1-2H3,(H,35,37)/t20-,22-,24+,26-,28-,32+,33+/m1/s1. The molecular weight excluding hydrogens is 572 g/mol. The van der Waals surface area contributed by atoms with E-state index in [1.54, 1.807) is 19.1 Å². The summed E-state index contributed by atoms with van der Waals surface area (Å²) in [6.07, 6.45) is 7.19. The number of carbonyl (C=O) groups is 1. The number of sulfonamides is 1. The van der Waals surface area contributed by atoms with Crippen LogP contribution in [0.1, 0.15) is 80.3 Å². The number of carbonyl (C=O) groups excluding carboxylic acids is 1. The van der Waals surface area contributed by atoms with Crippen LogP contribution in [0.4, 0.5) is 5.69 Å². The van der Waals surface area contributed by atoms with E-state index >= 15 is 0 Å². The molecule has 0 radical (unpaired) electrons. The van der Waals surface area contributed by atoms with Gasteiger partial charge in [-0.05, 0) is 130 Å². The number of rotatable bonds is 0. The summed E-state index contributed by atoms with van der Waals surface area (Å²) in [4.78, 5) is 15.7. The van der Waals surface area contributed by atoms with E-state index in [1.807, 2.05) is 19.1 Å². The summed E-state index contributed by atoms with van der Waals surface area (Å²) in [6.45, 7) is 5.65. The molecule has 0 saturated heterocycles. The lowest BCUT2D eigenvalue weighted by Crippen LogP contribution is -2.53. The first-order valence-corrected chi connectivity index (χ1v) is 17.5. The molecule has 1 amide bonds. The fourth-order valence-corrected chi connectivity index (χ4v) is 9.76. The van der Waals surface area contributed by atoms with Crippen LogP contribution in [-0.4, -0.2) is 50.0 Å². The van der Waals surface area contributed by atoms with E-state index in [4.69, 9.17) is 16.3 Å². The molecule has 226 valence electrons. The monoisotopic (exact) mass is 612 g/mol. The van der Waals surface area contributed by atoms with Gasteiger partial charge in [-0.1, -0.05) is 17.7 Å². The second-order valence-electron chi connectivity index (χ2n) is 13.9. The van der Waals surface area contributed by atoms with E-state index in [0.717, 1.165) is 62.2 Å². The van der Waals surface area contributed by atoms with Crippen LogP contribution in [-0.2, 0) is 21.9 Å². The predicted molar refractivity (Wildman–Crippen MR) is 164 cm³/mol. The molecule has 2 aromatic carbocycles. The smallest absolute Gasteiger partial charge is 0.264 e. The molecular formula is C33H41ClN2O5S. The van der Waals surface area contributed by atoms with Crippen molar-refractivity contribution in [1.29, 1.82) is 0 Å². The number of ether oxygens (including phenoxy) is 1. The second kappa shape index (κ2) is 10.1. The van der Waals surface area contributed by atoms with Crippen LogP contribution in [0.3, 0.4) is 0 Å². The Balaban J connectivity index is 1.31. The molecule has 3 aliphatic carbocycles. The normalized spacial score (nSPS) is 37.2. The molecule has 5 aliphatic rings. The summed E-state index contributed by atoms with van der Waals surface area (Å²) in [5.41, 5.74) is 2.63. The summed E-state index contributed by atoms with van der Waals surface area (Å²) >= 11 is 6.40. The van der Waals surface area contributed by atoms with Crippen molar-refractivity contribution in [3.8, 4) is 5.75 Å². The minimum absolute atomic E-state index is 0.189. The van der Waals surface area contributed by atoms with Gasteiger partial charge < -0.3 is 14.7 Å². The zero-order valence-corrected chi connectivity index (χ0v) is 26.0. The summed E-state index contributed by atoms with van der Waals surface area (Å²) in [7, 11) is -3.85. The van der Waals surface area contributed by atoms with Crippen molar-refractivity contribution in [2.75, 3.05) is 24.6 Å². The SMILES string of the molecule is C[C@@H]1CC[C@@H]2C[C@H]2[C@@](C)(O)[C@@H]2CC[C@H]2CN2C[C@@]3(CCCc4cc(Cl)ccc43)COc3ccc(cc32)C(=O)NS1(=O)=O. The highest BCUT2D eigenvalue weighted by molar-refractivity contribution is 7.90. The van der Waals surface area contributed by atoms with Gasteiger partial charge in [-0.2, -0.15) is 0 Å².